The summed E-state index contributed by atoms with van der Waals surface area (Å²) in [5, 5.41) is 4.57. The minimum atomic E-state index is 0.766. The van der Waals surface area contributed by atoms with Crippen LogP contribution in [0.3, 0.4) is 0 Å². The third-order valence-electron chi connectivity index (χ3n) is 4.08. The van der Waals surface area contributed by atoms with Crippen molar-refractivity contribution in [3.05, 3.63) is 36.0 Å². The monoisotopic (exact) mass is 285 g/mol. The molecular weight excluding hydrogens is 258 g/mol. The van der Waals surface area contributed by atoms with E-state index in [1.165, 1.54) is 25.7 Å². The lowest BCUT2D eigenvalue weighted by atomic mass is 9.99. The SMILES string of the molecule is CCCCC(CC)CNCc1cc(N)c2ccccc2n1. The fourth-order valence-electron chi connectivity index (χ4n) is 2.70. The highest BCUT2D eigenvalue weighted by atomic mass is 14.9. The molecule has 1 heterocycles. The van der Waals surface area contributed by atoms with E-state index in [1.807, 2.05) is 30.3 Å². The van der Waals surface area contributed by atoms with Crippen molar-refractivity contribution in [3.63, 3.8) is 0 Å². The van der Waals surface area contributed by atoms with Crippen LogP contribution in [0, 0.1) is 5.92 Å². The number of pyridine rings is 1. The molecule has 1 aromatic carbocycles. The molecule has 2 rings (SSSR count). The highest BCUT2D eigenvalue weighted by Gasteiger charge is 2.06. The normalized spacial score (nSPS) is 12.7. The fourth-order valence-corrected chi connectivity index (χ4v) is 2.70. The molecule has 2 aromatic rings. The van der Waals surface area contributed by atoms with Gasteiger partial charge in [-0.1, -0.05) is 51.3 Å². The molecule has 1 unspecified atom stereocenters. The molecule has 0 fully saturated rings. The number of benzene rings is 1. The Labute approximate surface area is 128 Å². The van der Waals surface area contributed by atoms with Crippen molar-refractivity contribution in [2.45, 2.75) is 46.1 Å². The Bertz CT molecular complexity index is 565. The summed E-state index contributed by atoms with van der Waals surface area (Å²) in [5.41, 5.74) is 8.93. The lowest BCUT2D eigenvalue weighted by Crippen LogP contribution is -2.22. The number of hydrogen-bond acceptors (Lipinski definition) is 3. The minimum absolute atomic E-state index is 0.766. The zero-order valence-electron chi connectivity index (χ0n) is 13.2. The molecule has 0 amide bonds. The number of hydrogen-bond donors (Lipinski definition) is 2. The molecule has 21 heavy (non-hydrogen) atoms. The van der Waals surface area contributed by atoms with Crippen molar-refractivity contribution >= 4 is 16.6 Å². The van der Waals surface area contributed by atoms with Gasteiger partial charge in [0.25, 0.3) is 0 Å². The van der Waals surface area contributed by atoms with Gasteiger partial charge in [0.1, 0.15) is 0 Å². The van der Waals surface area contributed by atoms with E-state index < -0.39 is 0 Å². The van der Waals surface area contributed by atoms with Gasteiger partial charge in [-0.2, -0.15) is 0 Å². The van der Waals surface area contributed by atoms with Crippen LogP contribution in [0.2, 0.25) is 0 Å². The zero-order valence-corrected chi connectivity index (χ0v) is 13.2. The van der Waals surface area contributed by atoms with Crippen LogP contribution in [-0.2, 0) is 6.54 Å². The largest absolute Gasteiger partial charge is 0.398 e. The molecule has 0 saturated heterocycles. The van der Waals surface area contributed by atoms with Crippen molar-refractivity contribution in [1.29, 1.82) is 0 Å². The van der Waals surface area contributed by atoms with Crippen molar-refractivity contribution in [2.75, 3.05) is 12.3 Å². The second kappa shape index (κ2) is 7.99. The Morgan fingerprint density at radius 3 is 2.81 bits per heavy atom. The van der Waals surface area contributed by atoms with Gasteiger partial charge < -0.3 is 11.1 Å². The van der Waals surface area contributed by atoms with E-state index >= 15 is 0 Å². The van der Waals surface area contributed by atoms with Gasteiger partial charge in [0.2, 0.25) is 0 Å². The molecule has 0 spiro atoms. The Balaban J connectivity index is 1.94. The first kappa shape index (κ1) is 15.8. The van der Waals surface area contributed by atoms with Crippen LogP contribution in [0.15, 0.2) is 30.3 Å². The first-order chi connectivity index (χ1) is 10.2. The maximum Gasteiger partial charge on any atom is 0.0726 e. The predicted molar refractivity (Wildman–Crippen MR) is 91.2 cm³/mol. The Morgan fingerprint density at radius 2 is 2.05 bits per heavy atom. The van der Waals surface area contributed by atoms with Crippen LogP contribution in [0.25, 0.3) is 10.9 Å². The van der Waals surface area contributed by atoms with E-state index in [-0.39, 0.29) is 0 Å². The molecule has 0 saturated carbocycles. The van der Waals surface area contributed by atoms with Crippen molar-refractivity contribution in [3.8, 4) is 0 Å². The summed E-state index contributed by atoms with van der Waals surface area (Å²) in [7, 11) is 0. The van der Waals surface area contributed by atoms with Gasteiger partial charge in [-0.15, -0.1) is 0 Å². The number of unbranched alkanes of at least 4 members (excludes halogenated alkanes) is 1. The second-order valence-corrected chi connectivity index (χ2v) is 5.77. The highest BCUT2D eigenvalue weighted by molar-refractivity contribution is 5.90. The van der Waals surface area contributed by atoms with Crippen molar-refractivity contribution in [1.82, 2.24) is 10.3 Å². The number of nitrogens with one attached hydrogen (secondary N) is 1. The summed E-state index contributed by atoms with van der Waals surface area (Å²) in [6.45, 7) is 6.37. The van der Waals surface area contributed by atoms with Crippen LogP contribution < -0.4 is 11.1 Å². The smallest absolute Gasteiger partial charge is 0.0726 e. The quantitative estimate of drug-likeness (QED) is 0.767. The molecule has 3 heteroatoms. The summed E-state index contributed by atoms with van der Waals surface area (Å²) in [5.74, 6) is 0.766. The fraction of sp³-hybridized carbons (Fsp3) is 0.500. The topological polar surface area (TPSA) is 50.9 Å². The zero-order chi connectivity index (χ0) is 15.1. The van der Waals surface area contributed by atoms with E-state index in [0.717, 1.165) is 41.3 Å². The first-order valence-electron chi connectivity index (χ1n) is 8.09. The summed E-state index contributed by atoms with van der Waals surface area (Å²) >= 11 is 0. The lowest BCUT2D eigenvalue weighted by molar-refractivity contribution is 0.418. The lowest BCUT2D eigenvalue weighted by Gasteiger charge is -2.15. The summed E-state index contributed by atoms with van der Waals surface area (Å²) in [6, 6.07) is 10.0. The van der Waals surface area contributed by atoms with Gasteiger partial charge in [0.15, 0.2) is 0 Å². The van der Waals surface area contributed by atoms with E-state index in [2.05, 4.69) is 24.1 Å². The standard InChI is InChI=1S/C18H27N3/c1-3-5-8-14(4-2)12-20-13-15-11-17(19)16-9-6-7-10-18(16)21-15/h6-7,9-11,14,20H,3-5,8,12-13H2,1-2H3,(H2,19,21). The van der Waals surface area contributed by atoms with Crippen LogP contribution in [0.5, 0.6) is 0 Å². The predicted octanol–water partition coefficient (Wildman–Crippen LogP) is 4.12. The third kappa shape index (κ3) is 4.43. The number of nitrogens with two attached hydrogens (primary N) is 1. The number of rotatable bonds is 8. The third-order valence-corrected chi connectivity index (χ3v) is 4.08. The van der Waals surface area contributed by atoms with E-state index in [0.29, 0.717) is 0 Å². The molecular formula is C18H27N3. The number of nitrogens with zero attached hydrogens (tertiary/aromatic N) is 1. The average molecular weight is 285 g/mol. The molecule has 0 radical (unpaired) electrons. The van der Waals surface area contributed by atoms with Gasteiger partial charge in [0.05, 0.1) is 11.2 Å². The van der Waals surface area contributed by atoms with Gasteiger partial charge in [-0.3, -0.25) is 4.98 Å². The Kier molecular flexibility index (Phi) is 6.00. The molecule has 0 bridgehead atoms. The summed E-state index contributed by atoms with van der Waals surface area (Å²) in [4.78, 5) is 4.68. The Morgan fingerprint density at radius 1 is 1.24 bits per heavy atom. The molecule has 3 N–H and O–H groups in total. The molecule has 0 aliphatic carbocycles. The van der Waals surface area contributed by atoms with E-state index in [1.54, 1.807) is 0 Å². The van der Waals surface area contributed by atoms with Gasteiger partial charge >= 0.3 is 0 Å². The van der Waals surface area contributed by atoms with E-state index in [4.69, 9.17) is 5.73 Å². The second-order valence-electron chi connectivity index (χ2n) is 5.77. The molecule has 0 aliphatic heterocycles. The van der Waals surface area contributed by atoms with Crippen LogP contribution in [0.4, 0.5) is 5.69 Å². The van der Waals surface area contributed by atoms with Crippen LogP contribution in [-0.4, -0.2) is 11.5 Å². The number of aromatic nitrogens is 1. The van der Waals surface area contributed by atoms with E-state index in [9.17, 15) is 0 Å². The maximum atomic E-state index is 6.11. The maximum absolute atomic E-state index is 6.11. The molecule has 1 aromatic heterocycles. The molecule has 3 nitrogen and oxygen atoms in total. The van der Waals surface area contributed by atoms with Crippen LogP contribution in [0.1, 0.15) is 45.2 Å². The minimum Gasteiger partial charge on any atom is -0.398 e. The van der Waals surface area contributed by atoms with Gasteiger partial charge in [0, 0.05) is 17.6 Å². The first-order valence-corrected chi connectivity index (χ1v) is 8.09. The molecule has 0 aliphatic rings. The van der Waals surface area contributed by atoms with Crippen LogP contribution >= 0.6 is 0 Å². The summed E-state index contributed by atoms with van der Waals surface area (Å²) < 4.78 is 0. The molecule has 114 valence electrons. The average Bonchev–Trinajstić information content (AvgIpc) is 2.51. The van der Waals surface area contributed by atoms with Gasteiger partial charge in [-0.05, 0) is 31.0 Å². The number of anilines is 1. The number of nitrogen functional groups attached to an aromatic ring is 1. The van der Waals surface area contributed by atoms with Crippen molar-refractivity contribution in [2.24, 2.45) is 5.92 Å². The summed E-state index contributed by atoms with van der Waals surface area (Å²) in [6.07, 6.45) is 5.15. The Hall–Kier alpha value is -1.61. The number of para-hydroxylation sites is 1. The molecule has 1 atom stereocenters. The van der Waals surface area contributed by atoms with Gasteiger partial charge in [-0.25, -0.2) is 0 Å². The number of fused-ring (bicyclic) bond motifs is 1. The highest BCUT2D eigenvalue weighted by Crippen LogP contribution is 2.20. The van der Waals surface area contributed by atoms with Crippen molar-refractivity contribution < 1.29 is 0 Å².